The predicted octanol–water partition coefficient (Wildman–Crippen LogP) is 1.37. The van der Waals surface area contributed by atoms with Gasteiger partial charge in [0.1, 0.15) is 18.2 Å². The number of urea groups is 1. The predicted molar refractivity (Wildman–Crippen MR) is 88.1 cm³/mol. The van der Waals surface area contributed by atoms with Crippen molar-refractivity contribution in [1.29, 1.82) is 0 Å². The van der Waals surface area contributed by atoms with Crippen LogP contribution >= 0.6 is 0 Å². The lowest BCUT2D eigenvalue weighted by molar-refractivity contribution is -0.139. The Hall–Kier alpha value is -2.78. The molecule has 10 heteroatoms. The van der Waals surface area contributed by atoms with Crippen LogP contribution in [0.1, 0.15) is 33.6 Å². The van der Waals surface area contributed by atoms with Gasteiger partial charge in [0, 0.05) is 6.54 Å². The lowest BCUT2D eigenvalue weighted by Crippen LogP contribution is -2.48. The normalized spacial score (nSPS) is 11.6. The number of amides is 4. The molecular weight excluding hydrogens is 334 g/mol. The number of carbonyl (C=O) groups excluding carboxylic acids is 3. The van der Waals surface area contributed by atoms with E-state index in [4.69, 9.17) is 9.84 Å². The Morgan fingerprint density at radius 2 is 1.84 bits per heavy atom. The summed E-state index contributed by atoms with van der Waals surface area (Å²) in [6.07, 6.45) is -0.00414. The molecule has 1 atom stereocenters. The zero-order valence-electron chi connectivity index (χ0n) is 14.6. The van der Waals surface area contributed by atoms with Gasteiger partial charge in [0.05, 0.1) is 0 Å². The third-order valence-electron chi connectivity index (χ3n) is 2.49. The molecular formula is C15H25N3O7. The van der Waals surface area contributed by atoms with Crippen LogP contribution in [0.3, 0.4) is 0 Å². The number of carboxylic acids is 1. The molecule has 0 radical (unpaired) electrons. The molecule has 0 rings (SSSR count). The Bertz CT molecular complexity index is 500. The molecule has 4 N–H and O–H groups in total. The van der Waals surface area contributed by atoms with E-state index in [1.54, 1.807) is 20.8 Å². The minimum Gasteiger partial charge on any atom is -0.480 e. The van der Waals surface area contributed by atoms with E-state index >= 15 is 0 Å². The number of alkyl carbamates (subject to hydrolysis) is 2. The Kier molecular flexibility index (Phi) is 9.68. The lowest BCUT2D eigenvalue weighted by Gasteiger charge is -2.20. The summed E-state index contributed by atoms with van der Waals surface area (Å²) in [6.45, 7) is 8.57. The first-order chi connectivity index (χ1) is 11.5. The monoisotopic (exact) mass is 359 g/mol. The fourth-order valence-electron chi connectivity index (χ4n) is 1.53. The summed E-state index contributed by atoms with van der Waals surface area (Å²) in [5.74, 6) is -1.27. The van der Waals surface area contributed by atoms with Gasteiger partial charge < -0.3 is 25.2 Å². The molecule has 0 bridgehead atoms. The van der Waals surface area contributed by atoms with Gasteiger partial charge in [-0.2, -0.15) is 0 Å². The molecule has 1 unspecified atom stereocenters. The van der Waals surface area contributed by atoms with Crippen molar-refractivity contribution in [2.45, 2.75) is 45.3 Å². The van der Waals surface area contributed by atoms with E-state index in [-0.39, 0.29) is 26.0 Å². The van der Waals surface area contributed by atoms with Crippen LogP contribution in [0.4, 0.5) is 14.4 Å². The molecule has 25 heavy (non-hydrogen) atoms. The zero-order chi connectivity index (χ0) is 19.5. The quantitative estimate of drug-likeness (QED) is 0.378. The molecule has 0 heterocycles. The molecule has 0 saturated carbocycles. The van der Waals surface area contributed by atoms with Crippen molar-refractivity contribution < 1.29 is 33.8 Å². The molecule has 0 aromatic rings. The molecule has 0 aromatic heterocycles. The summed E-state index contributed by atoms with van der Waals surface area (Å²) in [4.78, 5) is 45.2. The number of imide groups is 1. The van der Waals surface area contributed by atoms with Crippen LogP contribution < -0.4 is 16.0 Å². The van der Waals surface area contributed by atoms with Gasteiger partial charge in [-0.1, -0.05) is 12.7 Å². The van der Waals surface area contributed by atoms with E-state index in [0.29, 0.717) is 0 Å². The second-order valence-corrected chi connectivity index (χ2v) is 5.95. The molecule has 10 nitrogen and oxygen atoms in total. The lowest BCUT2D eigenvalue weighted by atomic mass is 10.1. The number of ether oxygens (including phenoxy) is 2. The number of hydrogen-bond acceptors (Lipinski definition) is 6. The van der Waals surface area contributed by atoms with Gasteiger partial charge in [0.15, 0.2) is 0 Å². The standard InChI is InChI=1S/C15H25N3O7/c1-5-9-24-14(23)18-12(21)17-10(11(19)20)7-6-8-16-13(22)25-15(2,3)4/h5,10H,1,6-9H2,2-4H3,(H,16,22)(H,19,20)(H2,17,18,21,23). The summed E-state index contributed by atoms with van der Waals surface area (Å²) >= 11 is 0. The summed E-state index contributed by atoms with van der Waals surface area (Å²) in [5, 5.41) is 15.5. The number of nitrogens with one attached hydrogen (secondary N) is 3. The summed E-state index contributed by atoms with van der Waals surface area (Å²) in [5.41, 5.74) is -0.631. The van der Waals surface area contributed by atoms with Crippen LogP contribution in [0.5, 0.6) is 0 Å². The second-order valence-electron chi connectivity index (χ2n) is 5.95. The Labute approximate surface area is 145 Å². The molecule has 0 aliphatic carbocycles. The fraction of sp³-hybridized carbons (Fsp3) is 0.600. The smallest absolute Gasteiger partial charge is 0.415 e. The number of aliphatic carboxylic acids is 1. The van der Waals surface area contributed by atoms with Crippen molar-refractivity contribution in [3.05, 3.63) is 12.7 Å². The second kappa shape index (κ2) is 10.9. The molecule has 0 aliphatic heterocycles. The van der Waals surface area contributed by atoms with Crippen molar-refractivity contribution >= 4 is 24.2 Å². The molecule has 142 valence electrons. The largest absolute Gasteiger partial charge is 0.480 e. The maximum atomic E-state index is 11.5. The summed E-state index contributed by atoms with van der Waals surface area (Å²) in [7, 11) is 0. The average molecular weight is 359 g/mol. The van der Waals surface area contributed by atoms with Crippen LogP contribution in [0, 0.1) is 0 Å². The van der Waals surface area contributed by atoms with Crippen molar-refractivity contribution in [3.63, 3.8) is 0 Å². The van der Waals surface area contributed by atoms with Crippen LogP contribution in [-0.2, 0) is 14.3 Å². The molecule has 4 amide bonds. The third-order valence-corrected chi connectivity index (χ3v) is 2.49. The van der Waals surface area contributed by atoms with Gasteiger partial charge in [-0.05, 0) is 33.6 Å². The van der Waals surface area contributed by atoms with Crippen LogP contribution in [-0.4, -0.2) is 54.1 Å². The zero-order valence-corrected chi connectivity index (χ0v) is 14.6. The van der Waals surface area contributed by atoms with E-state index < -0.39 is 35.8 Å². The topological polar surface area (TPSA) is 143 Å². The summed E-state index contributed by atoms with van der Waals surface area (Å²) < 4.78 is 9.56. The highest BCUT2D eigenvalue weighted by Crippen LogP contribution is 2.06. The van der Waals surface area contributed by atoms with Crippen molar-refractivity contribution in [2.75, 3.05) is 13.2 Å². The van der Waals surface area contributed by atoms with Crippen LogP contribution in [0.15, 0.2) is 12.7 Å². The maximum Gasteiger partial charge on any atom is 0.415 e. The van der Waals surface area contributed by atoms with E-state index in [1.165, 1.54) is 6.08 Å². The molecule has 0 fully saturated rings. The van der Waals surface area contributed by atoms with Crippen LogP contribution in [0.25, 0.3) is 0 Å². The Balaban J connectivity index is 4.20. The van der Waals surface area contributed by atoms with Gasteiger partial charge in [-0.15, -0.1) is 0 Å². The van der Waals surface area contributed by atoms with Gasteiger partial charge in [0.25, 0.3) is 0 Å². The third kappa shape index (κ3) is 12.3. The average Bonchev–Trinajstić information content (AvgIpc) is 2.46. The van der Waals surface area contributed by atoms with E-state index in [0.717, 1.165) is 0 Å². The van der Waals surface area contributed by atoms with E-state index in [2.05, 4.69) is 21.9 Å². The first kappa shape index (κ1) is 22.2. The molecule has 0 aliphatic rings. The Morgan fingerprint density at radius 3 is 2.36 bits per heavy atom. The molecule has 0 spiro atoms. The van der Waals surface area contributed by atoms with Crippen molar-refractivity contribution in [1.82, 2.24) is 16.0 Å². The minimum atomic E-state index is -1.27. The number of rotatable bonds is 8. The first-order valence-electron chi connectivity index (χ1n) is 7.60. The van der Waals surface area contributed by atoms with E-state index in [1.807, 2.05) is 5.32 Å². The maximum absolute atomic E-state index is 11.5. The van der Waals surface area contributed by atoms with E-state index in [9.17, 15) is 19.2 Å². The Morgan fingerprint density at radius 1 is 1.20 bits per heavy atom. The van der Waals surface area contributed by atoms with Gasteiger partial charge in [-0.25, -0.2) is 24.5 Å². The number of carboxylic acid groups (broad SMARTS) is 1. The highest BCUT2D eigenvalue weighted by atomic mass is 16.6. The van der Waals surface area contributed by atoms with Crippen molar-refractivity contribution in [2.24, 2.45) is 0 Å². The van der Waals surface area contributed by atoms with Gasteiger partial charge in [0.2, 0.25) is 0 Å². The van der Waals surface area contributed by atoms with Crippen molar-refractivity contribution in [3.8, 4) is 0 Å². The highest BCUT2D eigenvalue weighted by Gasteiger charge is 2.21. The summed E-state index contributed by atoms with van der Waals surface area (Å²) in [6, 6.07) is -2.23. The van der Waals surface area contributed by atoms with Crippen LogP contribution in [0.2, 0.25) is 0 Å². The first-order valence-corrected chi connectivity index (χ1v) is 7.60. The number of carbonyl (C=O) groups is 4. The minimum absolute atomic E-state index is 0.0419. The van der Waals surface area contributed by atoms with Gasteiger partial charge >= 0.3 is 24.2 Å². The van der Waals surface area contributed by atoms with Gasteiger partial charge in [-0.3, -0.25) is 0 Å². The number of hydrogen-bond donors (Lipinski definition) is 4. The molecule has 0 saturated heterocycles. The fourth-order valence-corrected chi connectivity index (χ4v) is 1.53. The SMILES string of the molecule is C=CCOC(=O)NC(=O)NC(CCCNC(=O)OC(C)(C)C)C(=O)O. The highest BCUT2D eigenvalue weighted by molar-refractivity contribution is 5.92. The molecule has 0 aromatic carbocycles.